The highest BCUT2D eigenvalue weighted by molar-refractivity contribution is 5.92. The maximum atomic E-state index is 12.9. The number of furan rings is 1. The van der Waals surface area contributed by atoms with Crippen LogP contribution in [-0.2, 0) is 13.1 Å². The van der Waals surface area contributed by atoms with Gasteiger partial charge in [0.25, 0.3) is 5.91 Å². The minimum absolute atomic E-state index is 0.129. The molecule has 0 atom stereocenters. The second kappa shape index (κ2) is 7.45. The maximum Gasteiger partial charge on any atom is 0.277 e. The van der Waals surface area contributed by atoms with E-state index in [0.717, 1.165) is 5.56 Å². The Morgan fingerprint density at radius 1 is 1.32 bits per heavy atom. The molecule has 2 aromatic heterocycles. The SMILES string of the molecule is C#CCN(Cc1ccco1)C(=O)c1cn(Cc2ccc(F)cc2)nn1. The molecular formula is C18H15FN4O2. The van der Waals surface area contributed by atoms with Crippen molar-refractivity contribution in [3.8, 4) is 12.3 Å². The predicted molar refractivity (Wildman–Crippen MR) is 87.8 cm³/mol. The van der Waals surface area contributed by atoms with Gasteiger partial charge in [0.1, 0.15) is 11.6 Å². The summed E-state index contributed by atoms with van der Waals surface area (Å²) in [5.74, 6) is 2.44. The van der Waals surface area contributed by atoms with Crippen LogP contribution in [0.3, 0.4) is 0 Å². The van der Waals surface area contributed by atoms with Crippen molar-refractivity contribution in [2.45, 2.75) is 13.1 Å². The van der Waals surface area contributed by atoms with Crippen LogP contribution in [0, 0.1) is 18.2 Å². The van der Waals surface area contributed by atoms with E-state index in [-0.39, 0.29) is 30.5 Å². The van der Waals surface area contributed by atoms with Crippen molar-refractivity contribution in [1.29, 1.82) is 0 Å². The predicted octanol–water partition coefficient (Wildman–Crippen LogP) is 2.33. The van der Waals surface area contributed by atoms with Crippen LogP contribution in [0.2, 0.25) is 0 Å². The monoisotopic (exact) mass is 338 g/mol. The van der Waals surface area contributed by atoms with Gasteiger partial charge >= 0.3 is 0 Å². The first-order chi connectivity index (χ1) is 12.2. The van der Waals surface area contributed by atoms with Gasteiger partial charge in [-0.05, 0) is 29.8 Å². The largest absolute Gasteiger partial charge is 0.467 e. The quantitative estimate of drug-likeness (QED) is 0.647. The fraction of sp³-hybridized carbons (Fsp3) is 0.167. The highest BCUT2D eigenvalue weighted by Gasteiger charge is 2.19. The Labute approximate surface area is 143 Å². The van der Waals surface area contributed by atoms with Gasteiger partial charge in [0.15, 0.2) is 5.69 Å². The Kier molecular flexibility index (Phi) is 4.90. The van der Waals surface area contributed by atoms with Crippen LogP contribution in [0.5, 0.6) is 0 Å². The molecule has 126 valence electrons. The third kappa shape index (κ3) is 4.12. The number of rotatable bonds is 6. The van der Waals surface area contributed by atoms with E-state index in [4.69, 9.17) is 10.8 Å². The summed E-state index contributed by atoms with van der Waals surface area (Å²) >= 11 is 0. The number of terminal acetylenes is 1. The maximum absolute atomic E-state index is 12.9. The Hall–Kier alpha value is -3.40. The van der Waals surface area contributed by atoms with Gasteiger partial charge in [-0.15, -0.1) is 11.5 Å². The van der Waals surface area contributed by atoms with Crippen LogP contribution in [0.4, 0.5) is 4.39 Å². The van der Waals surface area contributed by atoms with Crippen LogP contribution in [0.15, 0.2) is 53.3 Å². The Morgan fingerprint density at radius 3 is 2.80 bits per heavy atom. The highest BCUT2D eigenvalue weighted by atomic mass is 19.1. The standard InChI is InChI=1S/C18H15FN4O2/c1-2-9-22(12-16-4-3-10-25-16)18(24)17-13-23(21-20-17)11-14-5-7-15(19)8-6-14/h1,3-8,10,13H,9,11-12H2. The van der Waals surface area contributed by atoms with E-state index in [9.17, 15) is 9.18 Å². The molecule has 0 spiro atoms. The zero-order chi connectivity index (χ0) is 17.6. The number of amides is 1. The zero-order valence-electron chi connectivity index (χ0n) is 13.3. The van der Waals surface area contributed by atoms with Crippen molar-refractivity contribution in [3.05, 3.63) is 71.7 Å². The van der Waals surface area contributed by atoms with Gasteiger partial charge in [-0.2, -0.15) is 0 Å². The number of nitrogens with zero attached hydrogens (tertiary/aromatic N) is 4. The van der Waals surface area contributed by atoms with Crippen molar-refractivity contribution in [1.82, 2.24) is 19.9 Å². The molecule has 0 saturated carbocycles. The molecule has 3 rings (SSSR count). The average Bonchev–Trinajstić information content (AvgIpc) is 3.28. The first-order valence-corrected chi connectivity index (χ1v) is 7.55. The lowest BCUT2D eigenvalue weighted by molar-refractivity contribution is 0.0749. The van der Waals surface area contributed by atoms with Crippen LogP contribution >= 0.6 is 0 Å². The number of hydrogen-bond donors (Lipinski definition) is 0. The van der Waals surface area contributed by atoms with Crippen LogP contribution in [0.25, 0.3) is 0 Å². The Balaban J connectivity index is 1.71. The van der Waals surface area contributed by atoms with Gasteiger partial charge in [0, 0.05) is 0 Å². The normalized spacial score (nSPS) is 10.4. The highest BCUT2D eigenvalue weighted by Crippen LogP contribution is 2.10. The lowest BCUT2D eigenvalue weighted by Crippen LogP contribution is -2.31. The first kappa shape index (κ1) is 16.5. The number of carbonyl (C=O) groups excluding carboxylic acids is 1. The summed E-state index contributed by atoms with van der Waals surface area (Å²) in [5.41, 5.74) is 1.03. The molecule has 0 aliphatic carbocycles. The molecule has 0 aliphatic rings. The second-order valence-electron chi connectivity index (χ2n) is 5.37. The first-order valence-electron chi connectivity index (χ1n) is 7.55. The molecule has 2 heterocycles. The van der Waals surface area contributed by atoms with E-state index in [2.05, 4.69) is 16.2 Å². The van der Waals surface area contributed by atoms with Gasteiger partial charge in [-0.3, -0.25) is 4.79 Å². The molecule has 3 aromatic rings. The molecular weight excluding hydrogens is 323 g/mol. The third-order valence-corrected chi connectivity index (χ3v) is 3.51. The Morgan fingerprint density at radius 2 is 2.12 bits per heavy atom. The van der Waals surface area contributed by atoms with Crippen molar-refractivity contribution < 1.29 is 13.6 Å². The third-order valence-electron chi connectivity index (χ3n) is 3.51. The van der Waals surface area contributed by atoms with E-state index < -0.39 is 0 Å². The van der Waals surface area contributed by atoms with Crippen molar-refractivity contribution in [2.24, 2.45) is 0 Å². The van der Waals surface area contributed by atoms with Gasteiger partial charge in [0.05, 0.1) is 32.1 Å². The number of hydrogen-bond acceptors (Lipinski definition) is 4. The van der Waals surface area contributed by atoms with Gasteiger partial charge in [-0.25, -0.2) is 9.07 Å². The summed E-state index contributed by atoms with van der Waals surface area (Å²) in [6, 6.07) is 9.56. The molecule has 6 nitrogen and oxygen atoms in total. The van der Waals surface area contributed by atoms with Crippen molar-refractivity contribution in [3.63, 3.8) is 0 Å². The lowest BCUT2D eigenvalue weighted by atomic mass is 10.2. The molecule has 1 amide bonds. The molecule has 0 radical (unpaired) electrons. The molecule has 0 aliphatic heterocycles. The number of aromatic nitrogens is 3. The smallest absolute Gasteiger partial charge is 0.277 e. The molecule has 0 unspecified atom stereocenters. The molecule has 0 fully saturated rings. The second-order valence-corrected chi connectivity index (χ2v) is 5.37. The van der Waals surface area contributed by atoms with Crippen molar-refractivity contribution >= 4 is 5.91 Å². The lowest BCUT2D eigenvalue weighted by Gasteiger charge is -2.17. The van der Waals surface area contributed by atoms with Crippen LogP contribution in [-0.4, -0.2) is 32.3 Å². The zero-order valence-corrected chi connectivity index (χ0v) is 13.3. The summed E-state index contributed by atoms with van der Waals surface area (Å²) in [7, 11) is 0. The number of halogens is 1. The van der Waals surface area contributed by atoms with Crippen LogP contribution < -0.4 is 0 Å². The summed E-state index contributed by atoms with van der Waals surface area (Å²) < 4.78 is 19.7. The topological polar surface area (TPSA) is 64.2 Å². The van der Waals surface area contributed by atoms with E-state index in [1.807, 2.05) is 0 Å². The number of benzene rings is 1. The number of carbonyl (C=O) groups is 1. The summed E-state index contributed by atoms with van der Waals surface area (Å²) in [5, 5.41) is 7.86. The molecule has 1 aromatic carbocycles. The average molecular weight is 338 g/mol. The van der Waals surface area contributed by atoms with E-state index in [0.29, 0.717) is 12.3 Å². The van der Waals surface area contributed by atoms with Crippen molar-refractivity contribution in [2.75, 3.05) is 6.54 Å². The van der Waals surface area contributed by atoms with Gasteiger partial charge in [0.2, 0.25) is 0 Å². The molecule has 25 heavy (non-hydrogen) atoms. The molecule has 7 heteroatoms. The fourth-order valence-corrected chi connectivity index (χ4v) is 2.31. The summed E-state index contributed by atoms with van der Waals surface area (Å²) in [6.07, 6.45) is 8.42. The van der Waals surface area contributed by atoms with Crippen LogP contribution in [0.1, 0.15) is 21.8 Å². The Bertz CT molecular complexity index is 879. The summed E-state index contributed by atoms with van der Waals surface area (Å²) in [4.78, 5) is 14.0. The minimum atomic E-state index is -0.334. The molecule has 0 bridgehead atoms. The minimum Gasteiger partial charge on any atom is -0.467 e. The van der Waals surface area contributed by atoms with Gasteiger partial charge in [-0.1, -0.05) is 23.3 Å². The van der Waals surface area contributed by atoms with E-state index in [1.165, 1.54) is 34.2 Å². The fourth-order valence-electron chi connectivity index (χ4n) is 2.31. The summed E-state index contributed by atoms with van der Waals surface area (Å²) in [6.45, 7) is 0.763. The molecule has 0 saturated heterocycles. The van der Waals surface area contributed by atoms with E-state index >= 15 is 0 Å². The van der Waals surface area contributed by atoms with E-state index in [1.54, 1.807) is 24.3 Å². The van der Waals surface area contributed by atoms with Gasteiger partial charge < -0.3 is 9.32 Å². The molecule has 0 N–H and O–H groups in total.